The molecule has 0 saturated heterocycles. The molecule has 1 aromatic carbocycles. The number of allylic oxidation sites excluding steroid dienone is 1. The van der Waals surface area contributed by atoms with Gasteiger partial charge in [0, 0.05) is 31.1 Å². The number of carboxylic acids is 1. The molecule has 11 nitrogen and oxygen atoms in total. The van der Waals surface area contributed by atoms with Gasteiger partial charge in [0.1, 0.15) is 17.4 Å². The summed E-state index contributed by atoms with van der Waals surface area (Å²) in [5.74, 6) is -2.36. The van der Waals surface area contributed by atoms with Gasteiger partial charge in [0.25, 0.3) is 0 Å². The van der Waals surface area contributed by atoms with Crippen LogP contribution in [0.25, 0.3) is 11.3 Å². The van der Waals surface area contributed by atoms with Crippen molar-refractivity contribution >= 4 is 17.8 Å². The van der Waals surface area contributed by atoms with E-state index >= 15 is 0 Å². The van der Waals surface area contributed by atoms with Crippen LogP contribution in [0.3, 0.4) is 0 Å². The summed E-state index contributed by atoms with van der Waals surface area (Å²) in [4.78, 5) is 49.8. The summed E-state index contributed by atoms with van der Waals surface area (Å²) in [5, 5.41) is 12.8. The van der Waals surface area contributed by atoms with Gasteiger partial charge in [-0.2, -0.15) is 9.97 Å². The predicted octanol–water partition coefficient (Wildman–Crippen LogP) is 3.09. The number of aromatic nitrogens is 2. The van der Waals surface area contributed by atoms with Gasteiger partial charge in [-0.3, -0.25) is 9.59 Å². The monoisotopic (exact) mass is 564 g/mol. The third-order valence-corrected chi connectivity index (χ3v) is 8.29. The number of carbonyl (C=O) groups is 3. The number of fused-ring (bicyclic) bond motifs is 2. The van der Waals surface area contributed by atoms with E-state index in [0.29, 0.717) is 30.8 Å². The molecule has 2 amide bonds. The van der Waals surface area contributed by atoms with Crippen LogP contribution < -0.4 is 19.5 Å². The first kappa shape index (κ1) is 28.4. The number of carboxylic acid groups (broad SMARTS) is 1. The number of hydrogen-bond acceptors (Lipinski definition) is 8. The van der Waals surface area contributed by atoms with Gasteiger partial charge < -0.3 is 29.5 Å². The molecule has 2 aromatic rings. The lowest BCUT2D eigenvalue weighted by atomic mass is 9.93. The van der Waals surface area contributed by atoms with Crippen LogP contribution in [0.5, 0.6) is 17.6 Å². The number of hydrogen-bond donors (Lipinski definition) is 2. The van der Waals surface area contributed by atoms with Crippen LogP contribution in [0.4, 0.5) is 0 Å². The lowest BCUT2D eigenvalue weighted by Crippen LogP contribution is -2.49. The molecule has 5 rings (SSSR count). The quantitative estimate of drug-likeness (QED) is 0.507. The minimum atomic E-state index is -1.33. The van der Waals surface area contributed by atoms with Crippen molar-refractivity contribution in [2.24, 2.45) is 17.8 Å². The first-order valence-electron chi connectivity index (χ1n) is 13.9. The summed E-state index contributed by atoms with van der Waals surface area (Å²) < 4.78 is 16.9. The van der Waals surface area contributed by atoms with Crippen LogP contribution in [-0.2, 0) is 14.4 Å². The highest BCUT2D eigenvalue weighted by molar-refractivity contribution is 5.94. The van der Waals surface area contributed by atoms with E-state index in [4.69, 9.17) is 14.2 Å². The zero-order valence-corrected chi connectivity index (χ0v) is 23.5. The van der Waals surface area contributed by atoms with Gasteiger partial charge in [-0.25, -0.2) is 4.79 Å². The van der Waals surface area contributed by atoms with Crippen LogP contribution in [0.15, 0.2) is 42.5 Å². The van der Waals surface area contributed by atoms with E-state index in [9.17, 15) is 19.5 Å². The molecule has 0 bridgehead atoms. The van der Waals surface area contributed by atoms with Crippen molar-refractivity contribution in [2.45, 2.75) is 50.2 Å². The van der Waals surface area contributed by atoms with Crippen molar-refractivity contribution in [3.05, 3.63) is 42.5 Å². The molecule has 0 radical (unpaired) electrons. The topological polar surface area (TPSA) is 140 Å². The maximum atomic E-state index is 13.6. The van der Waals surface area contributed by atoms with Crippen molar-refractivity contribution in [1.29, 1.82) is 0 Å². The number of nitrogens with one attached hydrogen (secondary N) is 1. The Morgan fingerprint density at radius 1 is 1.10 bits per heavy atom. The Balaban J connectivity index is 1.40. The normalized spacial score (nSPS) is 28.1. The Morgan fingerprint density at radius 3 is 2.66 bits per heavy atom. The molecule has 2 N–H and O–H groups in total. The van der Waals surface area contributed by atoms with Crippen molar-refractivity contribution in [3.63, 3.8) is 0 Å². The Labute approximate surface area is 238 Å². The average molecular weight is 565 g/mol. The standard InChI is InChI=1S/C30H36N4O7/c1-34-12-7-5-4-6-10-19-17-30(19,28(37)38)33-26(35)22-14-21(15-23(22)27(34)36)41-25-16-24(31-29(32-25)40-3)18-9-8-11-20(13-18)39-2/h6,8-11,13,16,19,21-23H,4-5,7,12,14-15,17H2,1-3H3,(H,33,35)(H,37,38)/t19-,21-,22-,23-,30-/m1/s1. The number of aliphatic carboxylic acids is 1. The fourth-order valence-corrected chi connectivity index (χ4v) is 5.85. The van der Waals surface area contributed by atoms with Gasteiger partial charge >= 0.3 is 12.0 Å². The molecule has 3 aliphatic rings. The van der Waals surface area contributed by atoms with Crippen LogP contribution in [-0.4, -0.2) is 77.2 Å². The molecule has 2 heterocycles. The Hall–Kier alpha value is -4.15. The fourth-order valence-electron chi connectivity index (χ4n) is 5.85. The number of ether oxygens (including phenoxy) is 3. The molecule has 2 saturated carbocycles. The van der Waals surface area contributed by atoms with E-state index in [0.717, 1.165) is 24.8 Å². The lowest BCUT2D eigenvalue weighted by molar-refractivity contribution is -0.145. The molecular weight excluding hydrogens is 528 g/mol. The van der Waals surface area contributed by atoms with Crippen LogP contribution in [0.2, 0.25) is 0 Å². The molecule has 218 valence electrons. The van der Waals surface area contributed by atoms with Crippen molar-refractivity contribution in [3.8, 4) is 28.9 Å². The van der Waals surface area contributed by atoms with E-state index in [1.54, 1.807) is 25.1 Å². The second-order valence-electron chi connectivity index (χ2n) is 11.0. The number of amides is 2. The van der Waals surface area contributed by atoms with Gasteiger partial charge in [0.2, 0.25) is 17.7 Å². The molecule has 0 unspecified atom stereocenters. The van der Waals surface area contributed by atoms with E-state index in [-0.39, 0.29) is 30.1 Å². The smallest absolute Gasteiger partial charge is 0.330 e. The summed E-state index contributed by atoms with van der Waals surface area (Å²) in [5.41, 5.74) is 0.00621. The number of methoxy groups -OCH3 is 2. The average Bonchev–Trinajstić information content (AvgIpc) is 3.51. The molecule has 1 aliphatic heterocycles. The zero-order chi connectivity index (χ0) is 29.1. The minimum Gasteiger partial charge on any atom is -0.497 e. The van der Waals surface area contributed by atoms with Gasteiger partial charge in [-0.05, 0) is 50.7 Å². The number of nitrogens with zero attached hydrogens (tertiary/aromatic N) is 3. The van der Waals surface area contributed by atoms with Crippen LogP contribution in [0, 0.1) is 17.8 Å². The fraction of sp³-hybridized carbons (Fsp3) is 0.500. The summed E-state index contributed by atoms with van der Waals surface area (Å²) in [6.45, 7) is 0.582. The van der Waals surface area contributed by atoms with Crippen molar-refractivity contribution < 1.29 is 33.7 Å². The molecule has 11 heteroatoms. The SMILES string of the molecule is COc1cccc(-c2cc(O[C@@H]3C[C@H]4C(=O)N[C@]5(C(=O)O)C[C@H]5C=CCCCCN(C)C(=O)[C@@H]4C3)nc(OC)n2)c1. The summed E-state index contributed by atoms with van der Waals surface area (Å²) in [7, 11) is 4.80. The highest BCUT2D eigenvalue weighted by atomic mass is 16.5. The molecule has 1 aromatic heterocycles. The molecule has 2 aliphatic carbocycles. The maximum absolute atomic E-state index is 13.6. The highest BCUT2D eigenvalue weighted by Crippen LogP contribution is 2.46. The highest BCUT2D eigenvalue weighted by Gasteiger charge is 2.61. The maximum Gasteiger partial charge on any atom is 0.330 e. The lowest BCUT2D eigenvalue weighted by Gasteiger charge is -2.26. The second-order valence-corrected chi connectivity index (χ2v) is 11.0. The van der Waals surface area contributed by atoms with E-state index in [2.05, 4.69) is 15.3 Å². The van der Waals surface area contributed by atoms with Gasteiger partial charge in [0.05, 0.1) is 31.7 Å². The van der Waals surface area contributed by atoms with Crippen molar-refractivity contribution in [1.82, 2.24) is 20.2 Å². The van der Waals surface area contributed by atoms with E-state index in [1.807, 2.05) is 36.4 Å². The van der Waals surface area contributed by atoms with E-state index < -0.39 is 35.4 Å². The number of carbonyl (C=O) groups excluding carboxylic acids is 2. The second kappa shape index (κ2) is 11.8. The Kier molecular flexibility index (Phi) is 8.14. The Morgan fingerprint density at radius 2 is 1.90 bits per heavy atom. The molecule has 0 spiro atoms. The van der Waals surface area contributed by atoms with Crippen LogP contribution >= 0.6 is 0 Å². The zero-order valence-electron chi connectivity index (χ0n) is 23.5. The predicted molar refractivity (Wildman–Crippen MR) is 148 cm³/mol. The number of benzene rings is 1. The third kappa shape index (κ3) is 5.98. The van der Waals surface area contributed by atoms with Gasteiger partial charge in [-0.1, -0.05) is 24.3 Å². The first-order valence-corrected chi connectivity index (χ1v) is 13.9. The van der Waals surface area contributed by atoms with Crippen LogP contribution in [0.1, 0.15) is 38.5 Å². The summed E-state index contributed by atoms with van der Waals surface area (Å²) in [6, 6.07) is 9.19. The minimum absolute atomic E-state index is 0.113. The largest absolute Gasteiger partial charge is 0.497 e. The van der Waals surface area contributed by atoms with E-state index in [1.165, 1.54) is 7.11 Å². The molecule has 41 heavy (non-hydrogen) atoms. The first-order chi connectivity index (χ1) is 19.7. The Bertz CT molecular complexity index is 1350. The van der Waals surface area contributed by atoms with Crippen molar-refractivity contribution in [2.75, 3.05) is 27.8 Å². The molecule has 5 atom stereocenters. The summed E-state index contributed by atoms with van der Waals surface area (Å²) >= 11 is 0. The van der Waals surface area contributed by atoms with Gasteiger partial charge in [-0.15, -0.1) is 0 Å². The number of rotatable bonds is 6. The third-order valence-electron chi connectivity index (χ3n) is 8.29. The summed E-state index contributed by atoms with van der Waals surface area (Å²) in [6.07, 6.45) is 6.75. The molecular formula is C30H36N4O7. The molecule has 2 fully saturated rings. The van der Waals surface area contributed by atoms with Gasteiger partial charge in [0.15, 0.2) is 0 Å².